The van der Waals surface area contributed by atoms with E-state index in [4.69, 9.17) is 14.7 Å². The number of ether oxygens (including phenoxy) is 1. The van der Waals surface area contributed by atoms with Gasteiger partial charge in [0.2, 0.25) is 0 Å². The van der Waals surface area contributed by atoms with Crippen LogP contribution in [-0.2, 0) is 0 Å². The monoisotopic (exact) mass is 509 g/mol. The van der Waals surface area contributed by atoms with Crippen LogP contribution < -0.4 is 15.0 Å². The largest absolute Gasteiger partial charge is 0.508 e. The van der Waals surface area contributed by atoms with Gasteiger partial charge in [0.25, 0.3) is 0 Å². The van der Waals surface area contributed by atoms with Crippen LogP contribution in [0.15, 0.2) is 54.6 Å². The Morgan fingerprint density at radius 1 is 0.974 bits per heavy atom. The number of anilines is 1. The number of phenolic OH excluding ortho intramolecular Hbond substituents is 1. The van der Waals surface area contributed by atoms with Gasteiger partial charge in [-0.05, 0) is 84.9 Å². The molecule has 38 heavy (non-hydrogen) atoms. The Balaban J connectivity index is 1.30. The summed E-state index contributed by atoms with van der Waals surface area (Å²) >= 11 is 0. The van der Waals surface area contributed by atoms with Crippen molar-refractivity contribution in [3.63, 3.8) is 0 Å². The Kier molecular flexibility index (Phi) is 6.05. The number of phenols is 1. The van der Waals surface area contributed by atoms with Gasteiger partial charge in [-0.2, -0.15) is 9.97 Å². The number of hydrogen-bond donors (Lipinski definition) is 2. The maximum absolute atomic E-state index is 10.5. The molecule has 0 spiro atoms. The van der Waals surface area contributed by atoms with Crippen LogP contribution in [-0.4, -0.2) is 70.9 Å². The van der Waals surface area contributed by atoms with Crippen molar-refractivity contribution in [2.75, 3.05) is 37.7 Å². The Morgan fingerprint density at radius 3 is 2.66 bits per heavy atom. The summed E-state index contributed by atoms with van der Waals surface area (Å²) in [5.74, 6) is 1.23. The van der Waals surface area contributed by atoms with Gasteiger partial charge >= 0.3 is 6.01 Å². The first-order valence-electron chi connectivity index (χ1n) is 14.1. The van der Waals surface area contributed by atoms with Gasteiger partial charge in [0, 0.05) is 36.6 Å². The van der Waals surface area contributed by atoms with Gasteiger partial charge in [-0.1, -0.05) is 37.3 Å². The highest BCUT2D eigenvalue weighted by Gasteiger charge is 2.34. The summed E-state index contributed by atoms with van der Waals surface area (Å²) in [7, 11) is 0. The molecule has 3 aromatic carbocycles. The van der Waals surface area contributed by atoms with Crippen LogP contribution >= 0.6 is 0 Å². The van der Waals surface area contributed by atoms with Crippen molar-refractivity contribution in [3.05, 3.63) is 54.6 Å². The van der Waals surface area contributed by atoms with Crippen molar-refractivity contribution < 1.29 is 9.84 Å². The molecular weight excluding hydrogens is 474 g/mol. The van der Waals surface area contributed by atoms with E-state index in [1.807, 2.05) is 30.3 Å². The minimum atomic E-state index is 0.263. The van der Waals surface area contributed by atoms with Crippen LogP contribution in [0.25, 0.3) is 32.8 Å². The van der Waals surface area contributed by atoms with Crippen LogP contribution in [0.5, 0.6) is 11.8 Å². The van der Waals surface area contributed by atoms with Gasteiger partial charge < -0.3 is 20.1 Å². The maximum atomic E-state index is 10.5. The number of piperazine rings is 1. The highest BCUT2D eigenvalue weighted by molar-refractivity contribution is 6.00. The second-order valence-corrected chi connectivity index (χ2v) is 11.1. The quantitative estimate of drug-likeness (QED) is 0.381. The van der Waals surface area contributed by atoms with Crippen LogP contribution in [0, 0.1) is 0 Å². The molecule has 0 aliphatic carbocycles. The van der Waals surface area contributed by atoms with Crippen molar-refractivity contribution in [2.45, 2.75) is 50.7 Å². The number of aromatic nitrogens is 2. The highest BCUT2D eigenvalue weighted by Crippen LogP contribution is 2.37. The summed E-state index contributed by atoms with van der Waals surface area (Å²) in [6.45, 7) is 6.92. The smallest absolute Gasteiger partial charge is 0.319 e. The Morgan fingerprint density at radius 2 is 1.82 bits per heavy atom. The lowest BCUT2D eigenvalue weighted by Crippen LogP contribution is -2.51. The molecule has 3 aliphatic heterocycles. The third-order valence-electron chi connectivity index (χ3n) is 8.64. The lowest BCUT2D eigenvalue weighted by atomic mass is 9.97. The molecule has 2 N–H and O–H groups in total. The zero-order valence-corrected chi connectivity index (χ0v) is 21.9. The molecule has 7 nitrogen and oxygen atoms in total. The van der Waals surface area contributed by atoms with Crippen molar-refractivity contribution in [1.82, 2.24) is 20.2 Å². The average Bonchev–Trinajstić information content (AvgIpc) is 3.55. The van der Waals surface area contributed by atoms with Crippen LogP contribution in [0.3, 0.4) is 0 Å². The highest BCUT2D eigenvalue weighted by atomic mass is 16.5. The molecule has 2 bridgehead atoms. The predicted molar refractivity (Wildman–Crippen MR) is 152 cm³/mol. The summed E-state index contributed by atoms with van der Waals surface area (Å²) in [5, 5.41) is 17.4. The summed E-state index contributed by atoms with van der Waals surface area (Å²) < 4.78 is 6.32. The Bertz CT molecular complexity index is 1480. The predicted octanol–water partition coefficient (Wildman–Crippen LogP) is 4.96. The average molecular weight is 510 g/mol. The van der Waals surface area contributed by atoms with E-state index in [-0.39, 0.29) is 5.75 Å². The third-order valence-corrected chi connectivity index (χ3v) is 8.64. The zero-order chi connectivity index (χ0) is 25.6. The molecule has 4 aromatic rings. The lowest BCUT2D eigenvalue weighted by molar-refractivity contribution is 0.170. The summed E-state index contributed by atoms with van der Waals surface area (Å²) in [5.41, 5.74) is 2.89. The number of rotatable bonds is 6. The van der Waals surface area contributed by atoms with E-state index < -0.39 is 0 Å². The molecule has 2 unspecified atom stereocenters. The lowest BCUT2D eigenvalue weighted by Gasteiger charge is -2.34. The van der Waals surface area contributed by atoms with E-state index in [0.29, 0.717) is 30.7 Å². The van der Waals surface area contributed by atoms with Gasteiger partial charge in [-0.15, -0.1) is 0 Å². The number of benzene rings is 3. The van der Waals surface area contributed by atoms with Crippen molar-refractivity contribution in [3.8, 4) is 22.9 Å². The minimum absolute atomic E-state index is 0.263. The van der Waals surface area contributed by atoms with Crippen molar-refractivity contribution in [2.24, 2.45) is 0 Å². The van der Waals surface area contributed by atoms with Crippen LogP contribution in [0.1, 0.15) is 32.6 Å². The maximum Gasteiger partial charge on any atom is 0.319 e. The fourth-order valence-corrected chi connectivity index (χ4v) is 6.74. The van der Waals surface area contributed by atoms with Gasteiger partial charge in [0.15, 0.2) is 0 Å². The van der Waals surface area contributed by atoms with E-state index >= 15 is 0 Å². The second kappa shape index (κ2) is 9.71. The van der Waals surface area contributed by atoms with E-state index in [2.05, 4.69) is 46.3 Å². The Labute approximate surface area is 223 Å². The summed E-state index contributed by atoms with van der Waals surface area (Å²) in [6.07, 6.45) is 4.81. The van der Waals surface area contributed by atoms with Gasteiger partial charge in [-0.3, -0.25) is 4.90 Å². The van der Waals surface area contributed by atoms with E-state index in [1.165, 1.54) is 19.3 Å². The van der Waals surface area contributed by atoms with Crippen molar-refractivity contribution >= 4 is 27.5 Å². The number of likely N-dealkylation sites (N-methyl/N-ethyl adjacent to an activating group) is 1. The second-order valence-electron chi connectivity index (χ2n) is 11.1. The molecule has 7 rings (SSSR count). The first-order chi connectivity index (χ1) is 18.6. The minimum Gasteiger partial charge on any atom is -0.508 e. The van der Waals surface area contributed by atoms with E-state index in [0.717, 1.165) is 71.2 Å². The first-order valence-corrected chi connectivity index (χ1v) is 14.1. The first kappa shape index (κ1) is 23.7. The standard InChI is InChI=1S/C31H35N5O2/c1-2-35-13-5-7-24(35)19-38-31-33-29-15-21(28-16-25(37)14-20-6-3-4-8-26(20)28)9-12-27(29)30(34-31)36-17-22-10-11-23(18-36)32-22/h3-4,6,8-9,12,14-16,22-24,32,37H,2,5,7,10-11,13,17-19H2,1H3/t22?,23?,24-/m0/s1. The van der Waals surface area contributed by atoms with E-state index in [9.17, 15) is 5.11 Å². The fraction of sp³-hybridized carbons (Fsp3) is 0.419. The van der Waals surface area contributed by atoms with Gasteiger partial charge in [0.05, 0.1) is 5.52 Å². The Hall–Kier alpha value is -3.42. The molecule has 3 atom stereocenters. The van der Waals surface area contributed by atoms with Crippen LogP contribution in [0.2, 0.25) is 0 Å². The molecule has 3 fully saturated rings. The van der Waals surface area contributed by atoms with Gasteiger partial charge in [0.1, 0.15) is 18.2 Å². The normalized spacial score (nSPS) is 23.5. The number of likely N-dealkylation sites (tertiary alicyclic amines) is 1. The number of hydrogen-bond acceptors (Lipinski definition) is 7. The molecule has 1 aromatic heterocycles. The molecule has 3 aliphatic rings. The number of fused-ring (bicyclic) bond motifs is 4. The summed E-state index contributed by atoms with van der Waals surface area (Å²) in [6, 6.07) is 20.1. The zero-order valence-electron chi connectivity index (χ0n) is 21.9. The molecule has 0 radical (unpaired) electrons. The molecule has 0 saturated carbocycles. The van der Waals surface area contributed by atoms with Crippen LogP contribution in [0.4, 0.5) is 5.82 Å². The third kappa shape index (κ3) is 4.33. The molecule has 3 saturated heterocycles. The molecule has 196 valence electrons. The number of nitrogens with zero attached hydrogens (tertiary/aromatic N) is 4. The number of nitrogens with one attached hydrogen (secondary N) is 1. The van der Waals surface area contributed by atoms with E-state index in [1.54, 1.807) is 0 Å². The molecule has 4 heterocycles. The van der Waals surface area contributed by atoms with Crippen molar-refractivity contribution in [1.29, 1.82) is 0 Å². The topological polar surface area (TPSA) is 73.8 Å². The molecular formula is C31H35N5O2. The SMILES string of the molecule is CCN1CCC[C@H]1COc1nc(N2CC3CCC(C2)N3)c2ccc(-c3cc(O)cc4ccccc34)cc2n1. The fourth-order valence-electron chi connectivity index (χ4n) is 6.74. The summed E-state index contributed by atoms with van der Waals surface area (Å²) in [4.78, 5) is 14.8. The molecule has 7 heteroatoms. The van der Waals surface area contributed by atoms with Gasteiger partial charge in [-0.25, -0.2) is 0 Å². The number of aromatic hydroxyl groups is 1. The molecule has 0 amide bonds.